The number of thiazole rings is 1. The van der Waals surface area contributed by atoms with Crippen LogP contribution < -0.4 is 10.6 Å². The number of carbonyl (C=O) groups is 2. The third-order valence-corrected chi connectivity index (χ3v) is 3.48. The Bertz CT molecular complexity index is 596. The molecule has 0 unspecified atom stereocenters. The standard InChI is InChI=1S/C14H15N3O2S/c1-10-4-2-3-5-11(10)17-13(18)6-7-16-14(19)12-8-15-9-20-12/h2-5,8-9H,6-7H2,1H3,(H,16,19)(H,17,18). The molecule has 1 heterocycles. The lowest BCUT2D eigenvalue weighted by atomic mass is 10.2. The van der Waals surface area contributed by atoms with Crippen LogP contribution in [-0.4, -0.2) is 23.3 Å². The van der Waals surface area contributed by atoms with E-state index in [9.17, 15) is 9.59 Å². The van der Waals surface area contributed by atoms with Crippen molar-refractivity contribution in [3.8, 4) is 0 Å². The van der Waals surface area contributed by atoms with E-state index in [0.717, 1.165) is 11.3 Å². The lowest BCUT2D eigenvalue weighted by Gasteiger charge is -2.08. The van der Waals surface area contributed by atoms with Crippen LogP contribution in [-0.2, 0) is 4.79 Å². The van der Waals surface area contributed by atoms with Crippen molar-refractivity contribution in [3.63, 3.8) is 0 Å². The number of anilines is 1. The van der Waals surface area contributed by atoms with Gasteiger partial charge in [-0.1, -0.05) is 18.2 Å². The molecule has 5 nitrogen and oxygen atoms in total. The number of para-hydroxylation sites is 1. The Balaban J connectivity index is 1.76. The second kappa shape index (κ2) is 6.81. The van der Waals surface area contributed by atoms with Gasteiger partial charge in [0, 0.05) is 18.7 Å². The van der Waals surface area contributed by atoms with Crippen LogP contribution in [0.4, 0.5) is 5.69 Å². The van der Waals surface area contributed by atoms with E-state index in [1.807, 2.05) is 31.2 Å². The first-order chi connectivity index (χ1) is 9.66. The van der Waals surface area contributed by atoms with Gasteiger partial charge >= 0.3 is 0 Å². The molecule has 0 fully saturated rings. The number of aromatic nitrogens is 1. The van der Waals surface area contributed by atoms with Gasteiger partial charge in [-0.15, -0.1) is 11.3 Å². The first kappa shape index (κ1) is 14.2. The largest absolute Gasteiger partial charge is 0.351 e. The maximum Gasteiger partial charge on any atom is 0.263 e. The van der Waals surface area contributed by atoms with Crippen molar-refractivity contribution in [3.05, 3.63) is 46.4 Å². The third-order valence-electron chi connectivity index (χ3n) is 2.71. The van der Waals surface area contributed by atoms with Crippen LogP contribution in [0.3, 0.4) is 0 Å². The van der Waals surface area contributed by atoms with E-state index in [-0.39, 0.29) is 18.2 Å². The SMILES string of the molecule is Cc1ccccc1NC(=O)CCNC(=O)c1cncs1. The molecule has 6 heteroatoms. The van der Waals surface area contributed by atoms with Crippen LogP contribution in [0.1, 0.15) is 21.7 Å². The van der Waals surface area contributed by atoms with Crippen molar-refractivity contribution in [2.75, 3.05) is 11.9 Å². The van der Waals surface area contributed by atoms with Gasteiger partial charge in [0.1, 0.15) is 4.88 Å². The fourth-order valence-corrected chi connectivity index (χ4v) is 2.17. The Morgan fingerprint density at radius 1 is 1.30 bits per heavy atom. The Kier molecular flexibility index (Phi) is 4.84. The first-order valence-corrected chi connectivity index (χ1v) is 7.07. The predicted molar refractivity (Wildman–Crippen MR) is 78.9 cm³/mol. The monoisotopic (exact) mass is 289 g/mol. The van der Waals surface area contributed by atoms with Gasteiger partial charge in [0.25, 0.3) is 5.91 Å². The van der Waals surface area contributed by atoms with E-state index in [1.54, 1.807) is 5.51 Å². The summed E-state index contributed by atoms with van der Waals surface area (Å²) in [6, 6.07) is 7.57. The minimum atomic E-state index is -0.198. The molecule has 0 aliphatic carbocycles. The highest BCUT2D eigenvalue weighted by Gasteiger charge is 2.08. The molecule has 0 aliphatic heterocycles. The number of hydrogen-bond donors (Lipinski definition) is 2. The highest BCUT2D eigenvalue weighted by atomic mass is 32.1. The summed E-state index contributed by atoms with van der Waals surface area (Å²) in [5.41, 5.74) is 3.40. The number of amides is 2. The number of benzene rings is 1. The summed E-state index contributed by atoms with van der Waals surface area (Å²) < 4.78 is 0. The molecule has 2 aromatic rings. The molecule has 0 atom stereocenters. The molecular weight excluding hydrogens is 274 g/mol. The van der Waals surface area contributed by atoms with E-state index >= 15 is 0 Å². The van der Waals surface area contributed by atoms with Gasteiger partial charge in [0.05, 0.1) is 11.7 Å². The highest BCUT2D eigenvalue weighted by Crippen LogP contribution is 2.13. The molecule has 0 bridgehead atoms. The maximum atomic E-state index is 11.8. The van der Waals surface area contributed by atoms with Crippen molar-refractivity contribution in [1.82, 2.24) is 10.3 Å². The van der Waals surface area contributed by atoms with Gasteiger partial charge < -0.3 is 10.6 Å². The third kappa shape index (κ3) is 3.89. The van der Waals surface area contributed by atoms with Crippen LogP contribution in [0.25, 0.3) is 0 Å². The second-order valence-corrected chi connectivity index (χ2v) is 5.12. The van der Waals surface area contributed by atoms with E-state index in [4.69, 9.17) is 0 Å². The van der Waals surface area contributed by atoms with Crippen LogP contribution in [0, 0.1) is 6.92 Å². The predicted octanol–water partition coefficient (Wildman–Crippen LogP) is 2.21. The quantitative estimate of drug-likeness (QED) is 0.886. The molecule has 0 aliphatic rings. The summed E-state index contributed by atoms with van der Waals surface area (Å²) in [4.78, 5) is 27.8. The van der Waals surface area contributed by atoms with Gasteiger partial charge in [-0.2, -0.15) is 0 Å². The van der Waals surface area contributed by atoms with Crippen LogP contribution in [0.2, 0.25) is 0 Å². The zero-order chi connectivity index (χ0) is 14.4. The number of nitrogens with one attached hydrogen (secondary N) is 2. The summed E-state index contributed by atoms with van der Waals surface area (Å²) in [6.07, 6.45) is 1.74. The fourth-order valence-electron chi connectivity index (χ4n) is 1.63. The van der Waals surface area contributed by atoms with Gasteiger partial charge in [-0.3, -0.25) is 14.6 Å². The molecule has 2 rings (SSSR count). The Labute approximate surface area is 121 Å². The van der Waals surface area contributed by atoms with Crippen molar-refractivity contribution in [2.45, 2.75) is 13.3 Å². The fraction of sp³-hybridized carbons (Fsp3) is 0.214. The summed E-state index contributed by atoms with van der Waals surface area (Å²) in [5.74, 6) is -0.319. The molecule has 2 amide bonds. The Morgan fingerprint density at radius 3 is 2.80 bits per heavy atom. The normalized spacial score (nSPS) is 10.1. The van der Waals surface area contributed by atoms with Crippen molar-refractivity contribution >= 4 is 28.8 Å². The molecule has 0 saturated heterocycles. The average molecular weight is 289 g/mol. The molecule has 0 radical (unpaired) electrons. The lowest BCUT2D eigenvalue weighted by molar-refractivity contribution is -0.116. The molecule has 104 valence electrons. The highest BCUT2D eigenvalue weighted by molar-refractivity contribution is 7.11. The van der Waals surface area contributed by atoms with E-state index in [0.29, 0.717) is 11.4 Å². The summed E-state index contributed by atoms with van der Waals surface area (Å²) in [7, 11) is 0. The molecule has 1 aromatic carbocycles. The summed E-state index contributed by atoms with van der Waals surface area (Å²) >= 11 is 1.27. The maximum absolute atomic E-state index is 11.8. The van der Waals surface area contributed by atoms with Gasteiger partial charge in [-0.25, -0.2) is 0 Å². The molecule has 0 saturated carbocycles. The summed E-state index contributed by atoms with van der Waals surface area (Å²) in [5, 5.41) is 5.51. The minimum Gasteiger partial charge on any atom is -0.351 e. The topological polar surface area (TPSA) is 71.1 Å². The molecule has 1 aromatic heterocycles. The number of aryl methyl sites for hydroxylation is 1. The molecule has 2 N–H and O–H groups in total. The molecular formula is C14H15N3O2S. The lowest BCUT2D eigenvalue weighted by Crippen LogP contribution is -2.27. The smallest absolute Gasteiger partial charge is 0.263 e. The second-order valence-electron chi connectivity index (χ2n) is 4.23. The van der Waals surface area contributed by atoms with E-state index in [2.05, 4.69) is 15.6 Å². The van der Waals surface area contributed by atoms with Gasteiger partial charge in [0.2, 0.25) is 5.91 Å². The number of nitrogens with zero attached hydrogens (tertiary/aromatic N) is 1. The number of carbonyl (C=O) groups excluding carboxylic acids is 2. The average Bonchev–Trinajstić information content (AvgIpc) is 2.95. The van der Waals surface area contributed by atoms with Gasteiger partial charge in [-0.05, 0) is 18.6 Å². The van der Waals surface area contributed by atoms with Crippen LogP contribution in [0.15, 0.2) is 36.0 Å². The Morgan fingerprint density at radius 2 is 2.10 bits per heavy atom. The van der Waals surface area contributed by atoms with Crippen molar-refractivity contribution in [1.29, 1.82) is 0 Å². The van der Waals surface area contributed by atoms with Crippen molar-refractivity contribution in [2.24, 2.45) is 0 Å². The number of rotatable bonds is 5. The summed E-state index contributed by atoms with van der Waals surface area (Å²) in [6.45, 7) is 2.23. The van der Waals surface area contributed by atoms with Crippen LogP contribution >= 0.6 is 11.3 Å². The number of hydrogen-bond acceptors (Lipinski definition) is 4. The Hall–Kier alpha value is -2.21. The molecule has 20 heavy (non-hydrogen) atoms. The van der Waals surface area contributed by atoms with E-state index < -0.39 is 0 Å². The minimum absolute atomic E-state index is 0.121. The zero-order valence-corrected chi connectivity index (χ0v) is 11.9. The van der Waals surface area contributed by atoms with E-state index in [1.165, 1.54) is 17.5 Å². The van der Waals surface area contributed by atoms with Crippen LogP contribution in [0.5, 0.6) is 0 Å². The van der Waals surface area contributed by atoms with Crippen molar-refractivity contribution < 1.29 is 9.59 Å². The molecule has 0 spiro atoms. The van der Waals surface area contributed by atoms with Gasteiger partial charge in [0.15, 0.2) is 0 Å². The first-order valence-electron chi connectivity index (χ1n) is 6.19. The zero-order valence-electron chi connectivity index (χ0n) is 11.1.